The molecule has 4 rings (SSSR count). The second-order valence-electron chi connectivity index (χ2n) is 8.21. The monoisotopic (exact) mass is 386 g/mol. The number of hydrogen-bond donors (Lipinski definition) is 3. The van der Waals surface area contributed by atoms with Crippen LogP contribution in [0.15, 0.2) is 18.2 Å². The lowest BCUT2D eigenvalue weighted by Crippen LogP contribution is -2.52. The minimum Gasteiger partial charge on any atom is -0.387 e. The van der Waals surface area contributed by atoms with Crippen molar-refractivity contribution in [3.63, 3.8) is 0 Å². The van der Waals surface area contributed by atoms with Crippen LogP contribution in [0.25, 0.3) is 0 Å². The van der Waals surface area contributed by atoms with E-state index < -0.39 is 17.6 Å². The van der Waals surface area contributed by atoms with Crippen molar-refractivity contribution >= 4 is 17.7 Å². The second-order valence-corrected chi connectivity index (χ2v) is 8.21. The molecule has 3 N–H and O–H groups in total. The van der Waals surface area contributed by atoms with Crippen molar-refractivity contribution < 1.29 is 19.5 Å². The van der Waals surface area contributed by atoms with E-state index in [4.69, 9.17) is 0 Å². The molecule has 0 aromatic heterocycles. The lowest BCUT2D eigenvalue weighted by Gasteiger charge is -2.29. The molecule has 3 amide bonds. The van der Waals surface area contributed by atoms with Gasteiger partial charge in [-0.25, -0.2) is 0 Å². The van der Waals surface area contributed by atoms with Crippen molar-refractivity contribution in [1.82, 2.24) is 20.4 Å². The molecule has 28 heavy (non-hydrogen) atoms. The summed E-state index contributed by atoms with van der Waals surface area (Å²) in [5.41, 5.74) is 1.90. The maximum atomic E-state index is 12.7. The molecule has 150 valence electrons. The van der Waals surface area contributed by atoms with E-state index in [2.05, 4.69) is 15.5 Å². The van der Waals surface area contributed by atoms with Gasteiger partial charge in [-0.05, 0) is 43.6 Å². The standard InChI is InChI=1S/C20H26N4O4/c1-23(12-20(28)6-7-21-11-20)9-13-2-3-15-14(8-13)10-24(19(15)27)16-4-5-17(25)22-18(16)26/h2-3,8,16,21,28H,4-7,9-12H2,1H3,(H,22,25,26). The van der Waals surface area contributed by atoms with Gasteiger partial charge in [-0.15, -0.1) is 0 Å². The van der Waals surface area contributed by atoms with Crippen LogP contribution in [0.5, 0.6) is 0 Å². The van der Waals surface area contributed by atoms with Crippen LogP contribution >= 0.6 is 0 Å². The second kappa shape index (κ2) is 7.27. The fourth-order valence-corrected chi connectivity index (χ4v) is 4.46. The molecule has 3 aliphatic heterocycles. The van der Waals surface area contributed by atoms with Crippen LogP contribution in [-0.2, 0) is 22.7 Å². The molecule has 1 aromatic carbocycles. The van der Waals surface area contributed by atoms with Crippen LogP contribution in [0.3, 0.4) is 0 Å². The van der Waals surface area contributed by atoms with Gasteiger partial charge in [-0.2, -0.15) is 0 Å². The summed E-state index contributed by atoms with van der Waals surface area (Å²) in [6, 6.07) is 5.16. The first-order valence-corrected chi connectivity index (χ1v) is 9.73. The van der Waals surface area contributed by atoms with Crippen molar-refractivity contribution in [2.45, 2.75) is 44.0 Å². The highest BCUT2D eigenvalue weighted by Gasteiger charge is 2.39. The van der Waals surface area contributed by atoms with Crippen LogP contribution in [0.1, 0.15) is 40.7 Å². The van der Waals surface area contributed by atoms with E-state index in [1.54, 1.807) is 4.90 Å². The average Bonchev–Trinajstić information content (AvgIpc) is 3.18. The number of piperidine rings is 1. The molecule has 0 saturated carbocycles. The highest BCUT2D eigenvalue weighted by molar-refractivity contribution is 6.05. The first kappa shape index (κ1) is 19.0. The van der Waals surface area contributed by atoms with E-state index in [0.29, 0.717) is 38.2 Å². The average molecular weight is 386 g/mol. The molecule has 0 bridgehead atoms. The van der Waals surface area contributed by atoms with E-state index in [1.165, 1.54) is 0 Å². The first-order valence-electron chi connectivity index (χ1n) is 9.73. The number of aliphatic hydroxyl groups is 1. The third kappa shape index (κ3) is 3.67. The molecule has 8 nitrogen and oxygen atoms in total. The Bertz CT molecular complexity index is 818. The smallest absolute Gasteiger partial charge is 0.255 e. The number of imide groups is 1. The van der Waals surface area contributed by atoms with Crippen LogP contribution in [0.2, 0.25) is 0 Å². The molecule has 2 saturated heterocycles. The van der Waals surface area contributed by atoms with Crippen molar-refractivity contribution in [3.8, 4) is 0 Å². The van der Waals surface area contributed by atoms with Crippen LogP contribution in [0.4, 0.5) is 0 Å². The van der Waals surface area contributed by atoms with Gasteiger partial charge in [-0.3, -0.25) is 24.6 Å². The fraction of sp³-hybridized carbons (Fsp3) is 0.550. The highest BCUT2D eigenvalue weighted by Crippen LogP contribution is 2.28. The molecule has 3 aliphatic rings. The number of hydrogen-bond acceptors (Lipinski definition) is 6. The van der Waals surface area contributed by atoms with Gasteiger partial charge in [0.05, 0.1) is 5.60 Å². The van der Waals surface area contributed by atoms with Gasteiger partial charge in [0, 0.05) is 38.2 Å². The van der Waals surface area contributed by atoms with E-state index in [1.807, 2.05) is 25.2 Å². The van der Waals surface area contributed by atoms with Crippen molar-refractivity contribution in [3.05, 3.63) is 34.9 Å². The summed E-state index contributed by atoms with van der Waals surface area (Å²) in [6.07, 6.45) is 1.37. The molecular formula is C20H26N4O4. The Balaban J connectivity index is 1.43. The number of fused-ring (bicyclic) bond motifs is 1. The minimum atomic E-state index is -0.690. The minimum absolute atomic E-state index is 0.157. The summed E-state index contributed by atoms with van der Waals surface area (Å²) < 4.78 is 0. The largest absolute Gasteiger partial charge is 0.387 e. The number of benzene rings is 1. The Morgan fingerprint density at radius 3 is 2.86 bits per heavy atom. The van der Waals surface area contributed by atoms with Gasteiger partial charge < -0.3 is 15.3 Å². The molecule has 2 atom stereocenters. The summed E-state index contributed by atoms with van der Waals surface area (Å²) in [6.45, 7) is 3.07. The Hall–Kier alpha value is -2.29. The third-order valence-electron chi connectivity index (χ3n) is 5.83. The Labute approximate surface area is 163 Å². The zero-order valence-electron chi connectivity index (χ0n) is 16.0. The first-order chi connectivity index (χ1) is 13.3. The van der Waals surface area contributed by atoms with Crippen molar-refractivity contribution in [2.24, 2.45) is 0 Å². The lowest BCUT2D eigenvalue weighted by molar-refractivity contribution is -0.136. The zero-order valence-corrected chi connectivity index (χ0v) is 16.0. The summed E-state index contributed by atoms with van der Waals surface area (Å²) in [5.74, 6) is -0.832. The van der Waals surface area contributed by atoms with E-state index >= 15 is 0 Å². The van der Waals surface area contributed by atoms with Crippen LogP contribution in [-0.4, -0.2) is 71.0 Å². The normalized spacial score (nSPS) is 27.5. The Morgan fingerprint density at radius 2 is 2.14 bits per heavy atom. The molecule has 1 aromatic rings. The predicted octanol–water partition coefficient (Wildman–Crippen LogP) is -0.396. The Kier molecular flexibility index (Phi) is 4.95. The van der Waals surface area contributed by atoms with Gasteiger partial charge in [0.25, 0.3) is 5.91 Å². The lowest BCUT2D eigenvalue weighted by atomic mass is 10.0. The van der Waals surface area contributed by atoms with Crippen LogP contribution in [0, 0.1) is 0 Å². The molecule has 0 spiro atoms. The predicted molar refractivity (Wildman–Crippen MR) is 101 cm³/mol. The number of carbonyl (C=O) groups excluding carboxylic acids is 3. The molecule has 0 radical (unpaired) electrons. The fourth-order valence-electron chi connectivity index (χ4n) is 4.46. The Morgan fingerprint density at radius 1 is 1.32 bits per heavy atom. The van der Waals surface area contributed by atoms with Crippen LogP contribution < -0.4 is 10.6 Å². The van der Waals surface area contributed by atoms with Gasteiger partial charge in [0.15, 0.2) is 0 Å². The molecule has 8 heteroatoms. The molecule has 0 aliphatic carbocycles. The van der Waals surface area contributed by atoms with Gasteiger partial charge in [0.2, 0.25) is 11.8 Å². The topological polar surface area (TPSA) is 102 Å². The van der Waals surface area contributed by atoms with Gasteiger partial charge in [0.1, 0.15) is 6.04 Å². The zero-order chi connectivity index (χ0) is 19.9. The highest BCUT2D eigenvalue weighted by atomic mass is 16.3. The molecule has 2 unspecified atom stereocenters. The number of rotatable bonds is 5. The summed E-state index contributed by atoms with van der Waals surface area (Å²) in [5, 5.41) is 16.0. The number of carbonyl (C=O) groups is 3. The van der Waals surface area contributed by atoms with Gasteiger partial charge >= 0.3 is 0 Å². The van der Waals surface area contributed by atoms with Crippen molar-refractivity contribution in [2.75, 3.05) is 26.7 Å². The number of likely N-dealkylation sites (N-methyl/N-ethyl adjacent to an activating group) is 1. The quantitative estimate of drug-likeness (QED) is 0.596. The summed E-state index contributed by atoms with van der Waals surface area (Å²) in [4.78, 5) is 39.9. The van der Waals surface area contributed by atoms with E-state index in [9.17, 15) is 19.5 Å². The van der Waals surface area contributed by atoms with E-state index in [0.717, 1.165) is 24.1 Å². The summed E-state index contributed by atoms with van der Waals surface area (Å²) >= 11 is 0. The molecule has 3 heterocycles. The maximum absolute atomic E-state index is 12.7. The number of β-amino-alcohol motifs (C(OH)–C–C–N with tert-alkyl or cyclic N) is 1. The van der Waals surface area contributed by atoms with Gasteiger partial charge in [-0.1, -0.05) is 12.1 Å². The molecule has 2 fully saturated rings. The number of nitrogens with one attached hydrogen (secondary N) is 2. The number of amides is 3. The molecular weight excluding hydrogens is 360 g/mol. The third-order valence-corrected chi connectivity index (χ3v) is 5.83. The van der Waals surface area contributed by atoms with Crippen molar-refractivity contribution in [1.29, 1.82) is 0 Å². The number of nitrogens with zero attached hydrogens (tertiary/aromatic N) is 2. The van der Waals surface area contributed by atoms with E-state index in [-0.39, 0.29) is 18.2 Å². The summed E-state index contributed by atoms with van der Waals surface area (Å²) in [7, 11) is 1.98. The maximum Gasteiger partial charge on any atom is 0.255 e. The SMILES string of the molecule is CN(Cc1ccc2c(c1)CN(C1CCC(=O)NC1=O)C2=O)CC1(O)CCNC1.